The third-order valence-corrected chi connectivity index (χ3v) is 14.4. The van der Waals surface area contributed by atoms with Gasteiger partial charge in [-0.2, -0.15) is 0 Å². The van der Waals surface area contributed by atoms with E-state index < -0.39 is 41.3 Å². The van der Waals surface area contributed by atoms with E-state index in [0.29, 0.717) is 6.42 Å². The van der Waals surface area contributed by atoms with Crippen LogP contribution in [0, 0.1) is 41.4 Å². The number of methoxy groups -OCH3 is 1. The minimum atomic E-state index is -1.55. The minimum Gasteiger partial charge on any atom is -0.481 e. The lowest BCUT2D eigenvalue weighted by Crippen LogP contribution is -2.58. The highest BCUT2D eigenvalue weighted by atomic mass is 16.7. The Bertz CT molecular complexity index is 1230. The number of aliphatic hydroxyl groups excluding tert-OH is 1. The van der Waals surface area contributed by atoms with Gasteiger partial charge < -0.3 is 48.5 Å². The van der Waals surface area contributed by atoms with E-state index >= 15 is 0 Å². The Hall–Kier alpha value is -0.890. The van der Waals surface area contributed by atoms with Crippen LogP contribution in [0.3, 0.4) is 0 Å². The van der Waals surface area contributed by atoms with E-state index in [1.807, 2.05) is 6.92 Å². The van der Waals surface area contributed by atoms with Crippen molar-refractivity contribution in [3.63, 3.8) is 0 Å². The second kappa shape index (κ2) is 14.6. The molecular weight excluding hydrogens is 656 g/mol. The van der Waals surface area contributed by atoms with Gasteiger partial charge >= 0.3 is 5.97 Å². The van der Waals surface area contributed by atoms with Gasteiger partial charge in [-0.05, 0) is 83.5 Å². The van der Waals surface area contributed by atoms with Crippen LogP contribution < -0.4 is 0 Å². The smallest absolute Gasteiger partial charge is 0.308 e. The van der Waals surface area contributed by atoms with Crippen molar-refractivity contribution in [1.82, 2.24) is 0 Å². The van der Waals surface area contributed by atoms with Crippen molar-refractivity contribution >= 4 is 5.97 Å². The first-order valence-corrected chi connectivity index (χ1v) is 20.0. The predicted octanol–water partition coefficient (Wildman–Crippen LogP) is 5.71. The van der Waals surface area contributed by atoms with Gasteiger partial charge in [-0.25, -0.2) is 0 Å². The van der Waals surface area contributed by atoms with Gasteiger partial charge in [-0.3, -0.25) is 4.79 Å². The summed E-state index contributed by atoms with van der Waals surface area (Å²) in [6.45, 7) is 18.4. The molecule has 6 aliphatic rings. The Labute approximate surface area is 305 Å². The second-order valence-electron chi connectivity index (χ2n) is 18.4. The van der Waals surface area contributed by atoms with Gasteiger partial charge in [-0.15, -0.1) is 0 Å². The molecule has 1 spiro atoms. The average Bonchev–Trinajstić information content (AvgIpc) is 3.75. The largest absolute Gasteiger partial charge is 0.481 e. The molecule has 6 fully saturated rings. The van der Waals surface area contributed by atoms with Crippen molar-refractivity contribution in [2.24, 2.45) is 41.4 Å². The summed E-state index contributed by atoms with van der Waals surface area (Å²) < 4.78 is 47.0. The first-order chi connectivity index (χ1) is 23.9. The molecule has 11 heteroatoms. The molecule has 19 atom stereocenters. The molecule has 6 rings (SSSR count). The van der Waals surface area contributed by atoms with Gasteiger partial charge in [0.25, 0.3) is 0 Å². The fourth-order valence-corrected chi connectivity index (χ4v) is 11.3. The number of ether oxygens (including phenoxy) is 7. The molecule has 0 unspecified atom stereocenters. The minimum absolute atomic E-state index is 0.00727. The topological polar surface area (TPSA) is 142 Å². The zero-order valence-electron chi connectivity index (χ0n) is 32.8. The van der Waals surface area contributed by atoms with Crippen LogP contribution in [-0.2, 0) is 38.0 Å². The van der Waals surface area contributed by atoms with Crippen LogP contribution in [0.25, 0.3) is 0 Å². The third kappa shape index (κ3) is 7.19. The van der Waals surface area contributed by atoms with Crippen molar-refractivity contribution in [3.8, 4) is 0 Å². The van der Waals surface area contributed by atoms with Crippen LogP contribution in [0.5, 0.6) is 0 Å². The van der Waals surface area contributed by atoms with Crippen LogP contribution >= 0.6 is 0 Å². The SMILES string of the molecule is CO[C@@H]1C[C@H](C[C@H]2CC[C@H](C)[C@@H]([C@@H](C)C(=O)O)O2)O[C@]2(O[C@](C)([C@H]3CC[C@@](C)([C@@H]4O[C@@H]([C@H]5O[C@@](O)(CO)[C@H](C)C[C@@H]5C)C[C@@H]4C)O3)C[C@H]2C)[C@@H]1C. The molecule has 0 aromatic rings. The average molecular weight is 725 g/mol. The highest BCUT2D eigenvalue weighted by Gasteiger charge is 2.65. The van der Waals surface area contributed by atoms with Crippen LogP contribution in [-0.4, -0.2) is 107 Å². The summed E-state index contributed by atoms with van der Waals surface area (Å²) in [6.07, 6.45) is 5.85. The molecule has 0 aromatic carbocycles. The number of carboxylic acids is 1. The number of aliphatic hydroxyl groups is 2. The second-order valence-corrected chi connectivity index (χ2v) is 18.4. The molecule has 0 bridgehead atoms. The van der Waals surface area contributed by atoms with Gasteiger partial charge in [0.15, 0.2) is 11.6 Å². The molecule has 0 aliphatic carbocycles. The molecule has 51 heavy (non-hydrogen) atoms. The molecule has 294 valence electrons. The van der Waals surface area contributed by atoms with Crippen molar-refractivity contribution in [3.05, 3.63) is 0 Å². The highest BCUT2D eigenvalue weighted by molar-refractivity contribution is 5.70. The van der Waals surface area contributed by atoms with E-state index in [9.17, 15) is 20.1 Å². The van der Waals surface area contributed by atoms with Crippen LogP contribution in [0.4, 0.5) is 0 Å². The van der Waals surface area contributed by atoms with Crippen LogP contribution in [0.1, 0.15) is 120 Å². The number of aliphatic carboxylic acids is 1. The summed E-state index contributed by atoms with van der Waals surface area (Å²) in [7, 11) is 1.77. The summed E-state index contributed by atoms with van der Waals surface area (Å²) in [5.41, 5.74) is -1.10. The van der Waals surface area contributed by atoms with E-state index in [1.54, 1.807) is 14.0 Å². The Balaban J connectivity index is 1.13. The van der Waals surface area contributed by atoms with E-state index in [0.717, 1.165) is 51.4 Å². The summed E-state index contributed by atoms with van der Waals surface area (Å²) >= 11 is 0. The van der Waals surface area contributed by atoms with Crippen LogP contribution in [0.2, 0.25) is 0 Å². The molecule has 0 aromatic heterocycles. The highest BCUT2D eigenvalue weighted by Crippen LogP contribution is 2.57. The normalized spacial score (nSPS) is 54.2. The number of hydrogen-bond donors (Lipinski definition) is 3. The first kappa shape index (κ1) is 39.8. The molecule has 6 saturated heterocycles. The van der Waals surface area contributed by atoms with Gasteiger partial charge in [-0.1, -0.05) is 41.5 Å². The zero-order chi connectivity index (χ0) is 37.3. The van der Waals surface area contributed by atoms with Gasteiger partial charge in [0.2, 0.25) is 0 Å². The predicted molar refractivity (Wildman–Crippen MR) is 189 cm³/mol. The van der Waals surface area contributed by atoms with Gasteiger partial charge in [0, 0.05) is 37.7 Å². The Morgan fingerprint density at radius 2 is 1.59 bits per heavy atom. The molecule has 0 radical (unpaired) electrons. The van der Waals surface area contributed by atoms with Crippen molar-refractivity contribution in [1.29, 1.82) is 0 Å². The summed E-state index contributed by atoms with van der Waals surface area (Å²) in [5.74, 6) is -3.26. The summed E-state index contributed by atoms with van der Waals surface area (Å²) in [6, 6.07) is 0. The molecular formula is C40H68O11. The molecule has 0 amide bonds. The van der Waals surface area contributed by atoms with Gasteiger partial charge in [0.1, 0.15) is 0 Å². The lowest BCUT2D eigenvalue weighted by Gasteiger charge is -2.50. The van der Waals surface area contributed by atoms with E-state index in [1.165, 1.54) is 0 Å². The fraction of sp³-hybridized carbons (Fsp3) is 0.975. The molecule has 3 N–H and O–H groups in total. The van der Waals surface area contributed by atoms with Crippen LogP contribution in [0.15, 0.2) is 0 Å². The Morgan fingerprint density at radius 1 is 0.863 bits per heavy atom. The fourth-order valence-electron chi connectivity index (χ4n) is 11.3. The number of hydrogen-bond acceptors (Lipinski definition) is 10. The van der Waals surface area contributed by atoms with E-state index in [4.69, 9.17) is 33.2 Å². The molecule has 6 aliphatic heterocycles. The quantitative estimate of drug-likeness (QED) is 0.269. The molecule has 0 saturated carbocycles. The lowest BCUT2D eigenvalue weighted by molar-refractivity contribution is -0.353. The monoisotopic (exact) mass is 724 g/mol. The number of carboxylic acid groups (broad SMARTS) is 1. The number of rotatable bonds is 9. The third-order valence-electron chi connectivity index (χ3n) is 14.4. The standard InChI is InChI=1S/C40H68O11/c1-21-11-12-28(46-33(21)26(6)36(42)43)17-29-18-30(45-10)27(7)40(48-29)25(5)19-38(9,51-40)32-13-14-37(8,49-32)35-23(3)16-31(47-35)34-22(2)15-24(4)39(44,20-41)50-34/h21-35,41,44H,11-20H2,1-10H3,(H,42,43)/t21-,22-,23-,24+,25+,26+,27+,28+,29-,30+,31+,32+,33-,34-,35+,37-,38-,39-,40+/m0/s1. The Morgan fingerprint density at radius 3 is 2.25 bits per heavy atom. The molecule has 11 nitrogen and oxygen atoms in total. The van der Waals surface area contributed by atoms with Crippen molar-refractivity contribution in [2.45, 2.75) is 192 Å². The lowest BCUT2D eigenvalue weighted by atomic mass is 9.78. The maximum Gasteiger partial charge on any atom is 0.308 e. The van der Waals surface area contributed by atoms with Gasteiger partial charge in [0.05, 0.1) is 72.6 Å². The number of carbonyl (C=O) groups is 1. The van der Waals surface area contributed by atoms with E-state index in [-0.39, 0.29) is 84.3 Å². The maximum absolute atomic E-state index is 11.8. The zero-order valence-corrected chi connectivity index (χ0v) is 32.8. The first-order valence-electron chi connectivity index (χ1n) is 20.0. The van der Waals surface area contributed by atoms with E-state index in [2.05, 4.69) is 48.5 Å². The molecule has 6 heterocycles. The summed E-state index contributed by atoms with van der Waals surface area (Å²) in [4.78, 5) is 11.8. The Kier molecular flexibility index (Phi) is 11.4. The summed E-state index contributed by atoms with van der Waals surface area (Å²) in [5, 5.41) is 30.7. The maximum atomic E-state index is 11.8. The van der Waals surface area contributed by atoms with Crippen molar-refractivity contribution < 1.29 is 53.3 Å². The van der Waals surface area contributed by atoms with Crippen molar-refractivity contribution in [2.75, 3.05) is 13.7 Å².